The van der Waals surface area contributed by atoms with Gasteiger partial charge in [0.15, 0.2) is 11.5 Å². The molecule has 4 aromatic rings. The van der Waals surface area contributed by atoms with Gasteiger partial charge in [0.1, 0.15) is 29.0 Å². The zero-order valence-corrected chi connectivity index (χ0v) is 20.5. The summed E-state index contributed by atoms with van der Waals surface area (Å²) in [4.78, 5) is 34.7. The van der Waals surface area contributed by atoms with Gasteiger partial charge < -0.3 is 24.1 Å². The minimum atomic E-state index is -4.70. The van der Waals surface area contributed by atoms with E-state index in [0.717, 1.165) is 16.8 Å². The Balaban J connectivity index is 1.39. The summed E-state index contributed by atoms with van der Waals surface area (Å²) in [6, 6.07) is 6.60. The third-order valence-corrected chi connectivity index (χ3v) is 6.40. The molecule has 6 rings (SSSR count). The van der Waals surface area contributed by atoms with Crippen LogP contribution in [0.2, 0.25) is 0 Å². The Hall–Kier alpha value is -4.69. The summed E-state index contributed by atoms with van der Waals surface area (Å²) < 4.78 is 82.4. The smallest absolute Gasteiger partial charge is 0.497 e. The minimum absolute atomic E-state index is 0.00539. The molecule has 40 heavy (non-hydrogen) atoms. The first kappa shape index (κ1) is 25.6. The first-order valence-electron chi connectivity index (χ1n) is 11.9. The van der Waals surface area contributed by atoms with Gasteiger partial charge in [0.05, 0.1) is 19.0 Å². The number of carbonyl (C=O) groups is 1. The molecule has 208 valence electrons. The van der Waals surface area contributed by atoms with Crippen molar-refractivity contribution in [3.63, 3.8) is 0 Å². The number of fused-ring (bicyclic) bond motifs is 2. The number of rotatable bonds is 6. The fourth-order valence-corrected chi connectivity index (χ4v) is 4.48. The summed E-state index contributed by atoms with van der Waals surface area (Å²) in [5, 5.41) is 4.22. The number of aromatic nitrogens is 4. The number of carbonyl (C=O) groups excluding carboxylic acids is 1. The summed E-state index contributed by atoms with van der Waals surface area (Å²) in [7, 11) is 1.21. The Morgan fingerprint density at radius 1 is 1.18 bits per heavy atom. The number of benzene rings is 2. The van der Waals surface area contributed by atoms with E-state index in [-0.39, 0.29) is 51.3 Å². The largest absolute Gasteiger partial charge is 0.586 e. The summed E-state index contributed by atoms with van der Waals surface area (Å²) >= 11 is 0. The maximum Gasteiger partial charge on any atom is 0.586 e. The lowest BCUT2D eigenvalue weighted by Gasteiger charge is -2.23. The highest BCUT2D eigenvalue weighted by atomic mass is 19.4. The van der Waals surface area contributed by atoms with Crippen molar-refractivity contribution < 1.29 is 41.0 Å². The van der Waals surface area contributed by atoms with Crippen LogP contribution in [-0.4, -0.2) is 45.1 Å². The number of ether oxygens (including phenoxy) is 3. The zero-order valence-electron chi connectivity index (χ0n) is 20.5. The fraction of sp³-hybridized carbons (Fsp3) is 0.280. The molecule has 0 saturated heterocycles. The summed E-state index contributed by atoms with van der Waals surface area (Å²) in [5.74, 6) is -1.15. The Morgan fingerprint density at radius 2 is 1.93 bits per heavy atom. The molecule has 15 heteroatoms. The zero-order chi connectivity index (χ0) is 28.4. The van der Waals surface area contributed by atoms with Gasteiger partial charge in [0.2, 0.25) is 5.91 Å². The number of imidazole rings is 1. The topological polar surface area (TPSA) is 112 Å². The number of alkyl halides is 5. The van der Waals surface area contributed by atoms with E-state index < -0.39 is 36.0 Å². The normalized spacial score (nSPS) is 15.8. The third kappa shape index (κ3) is 4.56. The average Bonchev–Trinajstić information content (AvgIpc) is 3.49. The Kier molecular flexibility index (Phi) is 5.71. The van der Waals surface area contributed by atoms with E-state index in [4.69, 9.17) is 4.74 Å². The molecule has 2 aromatic carbocycles. The van der Waals surface area contributed by atoms with Crippen molar-refractivity contribution in [1.82, 2.24) is 19.7 Å². The molecule has 1 aliphatic carbocycles. The van der Waals surface area contributed by atoms with Crippen LogP contribution in [0.5, 0.6) is 17.2 Å². The van der Waals surface area contributed by atoms with Crippen molar-refractivity contribution in [2.24, 2.45) is 0 Å². The molecule has 1 fully saturated rings. The summed E-state index contributed by atoms with van der Waals surface area (Å²) in [6.45, 7) is -0.599. The van der Waals surface area contributed by atoms with Crippen LogP contribution in [0.4, 0.5) is 27.6 Å². The molecule has 1 saturated carbocycles. The Labute approximate surface area is 220 Å². The van der Waals surface area contributed by atoms with Crippen molar-refractivity contribution >= 4 is 22.6 Å². The maximum atomic E-state index is 13.6. The summed E-state index contributed by atoms with van der Waals surface area (Å²) in [6.07, 6.45) is -6.08. The number of amides is 1. The van der Waals surface area contributed by atoms with Crippen molar-refractivity contribution in [3.05, 3.63) is 58.6 Å². The van der Waals surface area contributed by atoms with Gasteiger partial charge in [-0.3, -0.25) is 9.59 Å². The molecule has 2 aliphatic rings. The second-order valence-corrected chi connectivity index (χ2v) is 9.18. The molecule has 0 unspecified atom stereocenters. The fourth-order valence-electron chi connectivity index (χ4n) is 4.48. The number of nitrogens with one attached hydrogen (secondary N) is 1. The number of aromatic amines is 1. The molecular weight excluding hydrogens is 545 g/mol. The molecule has 0 radical (unpaired) electrons. The average molecular weight is 563 g/mol. The van der Waals surface area contributed by atoms with E-state index in [1.54, 1.807) is 0 Å². The number of methoxy groups -OCH3 is 1. The van der Waals surface area contributed by atoms with Crippen molar-refractivity contribution in [2.75, 3.05) is 12.0 Å². The van der Waals surface area contributed by atoms with Gasteiger partial charge >= 0.3 is 12.5 Å². The molecule has 10 nitrogen and oxygen atoms in total. The summed E-state index contributed by atoms with van der Waals surface area (Å²) in [5.41, 5.74) is -1.69. The van der Waals surface area contributed by atoms with E-state index in [2.05, 4.69) is 24.5 Å². The lowest BCUT2D eigenvalue weighted by molar-refractivity contribution is -0.286. The Bertz CT molecular complexity index is 1710. The van der Waals surface area contributed by atoms with E-state index in [0.29, 0.717) is 12.8 Å². The van der Waals surface area contributed by atoms with Crippen molar-refractivity contribution in [2.45, 2.75) is 37.9 Å². The van der Waals surface area contributed by atoms with E-state index >= 15 is 0 Å². The Morgan fingerprint density at radius 3 is 2.62 bits per heavy atom. The van der Waals surface area contributed by atoms with Crippen LogP contribution in [0.25, 0.3) is 22.3 Å². The van der Waals surface area contributed by atoms with Crippen LogP contribution in [0.3, 0.4) is 0 Å². The van der Waals surface area contributed by atoms with Crippen LogP contribution in [-0.2, 0) is 17.5 Å². The molecular formula is C25H18F5N5O5. The van der Waals surface area contributed by atoms with Gasteiger partial charge in [-0.15, -0.1) is 8.78 Å². The van der Waals surface area contributed by atoms with E-state index in [1.807, 2.05) is 0 Å². The predicted molar refractivity (Wildman–Crippen MR) is 128 cm³/mol. The van der Waals surface area contributed by atoms with Crippen LogP contribution >= 0.6 is 0 Å². The quantitative estimate of drug-likeness (QED) is 0.348. The second kappa shape index (κ2) is 8.93. The highest BCUT2D eigenvalue weighted by molar-refractivity contribution is 5.95. The van der Waals surface area contributed by atoms with Crippen molar-refractivity contribution in [3.8, 4) is 28.5 Å². The van der Waals surface area contributed by atoms with Crippen LogP contribution < -0.4 is 24.7 Å². The highest BCUT2D eigenvalue weighted by Gasteiger charge is 2.44. The van der Waals surface area contributed by atoms with Gasteiger partial charge in [-0.1, -0.05) is 0 Å². The molecule has 3 heterocycles. The highest BCUT2D eigenvalue weighted by Crippen LogP contribution is 2.44. The SMILES string of the molecule is COc1cc(-c2nn(CC(=O)N(c3ccc4c(c3)OC(F)(F)O4)C3CC3)c(=O)c3[nH]cnc23)cc(C(F)(F)F)c1. The van der Waals surface area contributed by atoms with Gasteiger partial charge in [0.25, 0.3) is 5.56 Å². The number of hydrogen-bond donors (Lipinski definition) is 1. The number of nitrogens with zero attached hydrogens (tertiary/aromatic N) is 4. The van der Waals surface area contributed by atoms with E-state index in [1.165, 1.54) is 42.6 Å². The van der Waals surface area contributed by atoms with E-state index in [9.17, 15) is 31.5 Å². The second-order valence-electron chi connectivity index (χ2n) is 9.18. The lowest BCUT2D eigenvalue weighted by Crippen LogP contribution is -2.39. The first-order valence-corrected chi connectivity index (χ1v) is 11.9. The van der Waals surface area contributed by atoms with Crippen LogP contribution in [0.15, 0.2) is 47.5 Å². The van der Waals surface area contributed by atoms with Gasteiger partial charge in [-0.2, -0.15) is 18.3 Å². The van der Waals surface area contributed by atoms with Crippen LogP contribution in [0.1, 0.15) is 18.4 Å². The number of anilines is 1. The predicted octanol–water partition coefficient (Wildman–Crippen LogP) is 4.33. The maximum absolute atomic E-state index is 13.6. The molecule has 0 atom stereocenters. The third-order valence-electron chi connectivity index (χ3n) is 6.40. The number of hydrogen-bond acceptors (Lipinski definition) is 7. The molecule has 1 aliphatic heterocycles. The monoisotopic (exact) mass is 563 g/mol. The first-order chi connectivity index (χ1) is 18.9. The van der Waals surface area contributed by atoms with Crippen molar-refractivity contribution in [1.29, 1.82) is 0 Å². The minimum Gasteiger partial charge on any atom is -0.497 e. The van der Waals surface area contributed by atoms with Gasteiger partial charge in [0, 0.05) is 23.4 Å². The molecule has 1 N–H and O–H groups in total. The molecule has 1 amide bonds. The number of H-pyrrole nitrogens is 1. The molecule has 0 spiro atoms. The van der Waals surface area contributed by atoms with Crippen LogP contribution in [0, 0.1) is 0 Å². The molecule has 2 aromatic heterocycles. The van der Waals surface area contributed by atoms with Gasteiger partial charge in [-0.05, 0) is 43.2 Å². The number of halogens is 5. The lowest BCUT2D eigenvalue weighted by atomic mass is 10.1. The molecule has 0 bridgehead atoms. The standard InChI is InChI=1S/C25H18F5N5O5/c1-38-16-7-12(6-13(8-16)24(26,27)28)20-21-22(32-11-31-21)23(37)34(33-20)10-19(36)35(14-2-3-14)15-4-5-17-18(9-15)40-25(29,30)39-17/h4-9,11,14H,2-3,10H2,1H3,(H,31,32). The van der Waals surface area contributed by atoms with Gasteiger partial charge in [-0.25, -0.2) is 9.67 Å².